The van der Waals surface area contributed by atoms with Crippen molar-refractivity contribution in [3.05, 3.63) is 29.8 Å². The van der Waals surface area contributed by atoms with E-state index in [9.17, 15) is 18.0 Å². The van der Waals surface area contributed by atoms with E-state index in [0.717, 1.165) is 0 Å². The summed E-state index contributed by atoms with van der Waals surface area (Å²) in [7, 11) is -3.11. The first-order chi connectivity index (χ1) is 10.9. The highest BCUT2D eigenvalue weighted by molar-refractivity contribution is 7.91. The van der Waals surface area contributed by atoms with Crippen LogP contribution in [0, 0.1) is 5.92 Å². The van der Waals surface area contributed by atoms with E-state index in [-0.39, 0.29) is 24.0 Å². The maximum atomic E-state index is 12.6. The molecule has 0 radical (unpaired) electrons. The molecule has 0 aromatic heterocycles. The molecule has 0 spiro atoms. The van der Waals surface area contributed by atoms with Crippen LogP contribution in [0.1, 0.15) is 30.6 Å². The highest BCUT2D eigenvalue weighted by atomic mass is 32.2. The van der Waals surface area contributed by atoms with Crippen molar-refractivity contribution in [2.75, 3.05) is 29.6 Å². The van der Waals surface area contributed by atoms with E-state index in [2.05, 4.69) is 0 Å². The smallest absolute Gasteiger partial charge is 0.338 e. The largest absolute Gasteiger partial charge is 0.462 e. The first-order valence-corrected chi connectivity index (χ1v) is 9.49. The molecule has 2 rings (SSSR count). The summed E-state index contributed by atoms with van der Waals surface area (Å²) in [4.78, 5) is 26.0. The lowest BCUT2D eigenvalue weighted by atomic mass is 10.1. The molecule has 1 amide bonds. The second-order valence-electron chi connectivity index (χ2n) is 5.45. The lowest BCUT2D eigenvalue weighted by Gasteiger charge is -2.24. The minimum Gasteiger partial charge on any atom is -0.462 e. The van der Waals surface area contributed by atoms with Gasteiger partial charge in [0.1, 0.15) is 0 Å². The SMILES string of the molecule is CCOC(=O)c1cccc(N(CC)C(=O)C2CCS(=O)(=O)C2)c1. The Kier molecular flexibility index (Phi) is 5.41. The van der Waals surface area contributed by atoms with Crippen molar-refractivity contribution in [2.24, 2.45) is 5.92 Å². The number of carbonyl (C=O) groups excluding carboxylic acids is 2. The average molecular weight is 339 g/mol. The van der Waals surface area contributed by atoms with Gasteiger partial charge in [-0.3, -0.25) is 4.79 Å². The summed E-state index contributed by atoms with van der Waals surface area (Å²) < 4.78 is 28.1. The molecule has 1 fully saturated rings. The molecule has 126 valence electrons. The Morgan fingerprint density at radius 3 is 2.61 bits per heavy atom. The monoisotopic (exact) mass is 339 g/mol. The van der Waals surface area contributed by atoms with Crippen molar-refractivity contribution in [1.82, 2.24) is 0 Å². The molecule has 1 atom stereocenters. The van der Waals surface area contributed by atoms with Crippen LogP contribution >= 0.6 is 0 Å². The van der Waals surface area contributed by atoms with E-state index >= 15 is 0 Å². The quantitative estimate of drug-likeness (QED) is 0.762. The average Bonchev–Trinajstić information content (AvgIpc) is 2.88. The van der Waals surface area contributed by atoms with Gasteiger partial charge in [-0.05, 0) is 38.5 Å². The molecule has 7 heteroatoms. The molecule has 1 saturated heterocycles. The maximum Gasteiger partial charge on any atom is 0.338 e. The van der Waals surface area contributed by atoms with Crippen LogP contribution < -0.4 is 4.90 Å². The standard InChI is InChI=1S/C16H21NO5S/c1-3-17(15(18)13-8-9-23(20,21)11-13)14-7-5-6-12(10-14)16(19)22-4-2/h5-7,10,13H,3-4,8-9,11H2,1-2H3. The van der Waals surface area contributed by atoms with E-state index in [1.807, 2.05) is 6.92 Å². The summed E-state index contributed by atoms with van der Waals surface area (Å²) in [6, 6.07) is 6.64. The summed E-state index contributed by atoms with van der Waals surface area (Å²) in [5.41, 5.74) is 0.946. The van der Waals surface area contributed by atoms with Crippen molar-refractivity contribution in [2.45, 2.75) is 20.3 Å². The highest BCUT2D eigenvalue weighted by Gasteiger charge is 2.35. The van der Waals surface area contributed by atoms with Gasteiger partial charge < -0.3 is 9.64 Å². The molecule has 0 bridgehead atoms. The number of hydrogen-bond acceptors (Lipinski definition) is 5. The summed E-state index contributed by atoms with van der Waals surface area (Å²) >= 11 is 0. The molecular weight excluding hydrogens is 318 g/mol. The normalized spacial score (nSPS) is 19.3. The van der Waals surface area contributed by atoms with Gasteiger partial charge in [-0.25, -0.2) is 13.2 Å². The highest BCUT2D eigenvalue weighted by Crippen LogP contribution is 2.25. The van der Waals surface area contributed by atoms with Crippen LogP contribution in [0.4, 0.5) is 5.69 Å². The van der Waals surface area contributed by atoms with E-state index in [4.69, 9.17) is 4.74 Å². The molecule has 1 aliphatic rings. The minimum atomic E-state index is -3.11. The van der Waals surface area contributed by atoms with E-state index < -0.39 is 21.7 Å². The Labute approximate surface area is 136 Å². The van der Waals surface area contributed by atoms with Gasteiger partial charge in [0, 0.05) is 12.2 Å². The predicted molar refractivity (Wildman–Crippen MR) is 87.2 cm³/mol. The zero-order valence-electron chi connectivity index (χ0n) is 13.3. The van der Waals surface area contributed by atoms with Crippen molar-refractivity contribution in [3.63, 3.8) is 0 Å². The van der Waals surface area contributed by atoms with Crippen LogP contribution in [0.25, 0.3) is 0 Å². The number of benzene rings is 1. The fraction of sp³-hybridized carbons (Fsp3) is 0.500. The van der Waals surface area contributed by atoms with Gasteiger partial charge in [0.25, 0.3) is 0 Å². The lowest BCUT2D eigenvalue weighted by Crippen LogP contribution is -2.36. The number of anilines is 1. The third-order valence-corrected chi connectivity index (χ3v) is 5.60. The number of esters is 1. The van der Waals surface area contributed by atoms with Crippen LogP contribution in [-0.2, 0) is 19.4 Å². The molecule has 1 aliphatic heterocycles. The van der Waals surface area contributed by atoms with Crippen molar-refractivity contribution < 1.29 is 22.7 Å². The molecule has 1 aromatic carbocycles. The van der Waals surface area contributed by atoms with Crippen molar-refractivity contribution in [1.29, 1.82) is 0 Å². The molecule has 1 heterocycles. The van der Waals surface area contributed by atoms with E-state index in [1.54, 1.807) is 31.2 Å². The summed E-state index contributed by atoms with van der Waals surface area (Å²) in [6.45, 7) is 4.23. The Morgan fingerprint density at radius 1 is 1.30 bits per heavy atom. The summed E-state index contributed by atoms with van der Waals surface area (Å²) in [5, 5.41) is 0. The number of carbonyl (C=O) groups is 2. The zero-order chi connectivity index (χ0) is 17.0. The van der Waals surface area contributed by atoms with Gasteiger partial charge >= 0.3 is 5.97 Å². The maximum absolute atomic E-state index is 12.6. The molecule has 0 aliphatic carbocycles. The van der Waals surface area contributed by atoms with E-state index in [0.29, 0.717) is 24.2 Å². The van der Waals surface area contributed by atoms with Crippen molar-refractivity contribution in [3.8, 4) is 0 Å². The number of sulfone groups is 1. The Bertz CT molecular complexity index is 698. The number of amides is 1. The topological polar surface area (TPSA) is 80.8 Å². The molecule has 23 heavy (non-hydrogen) atoms. The fourth-order valence-electron chi connectivity index (χ4n) is 2.69. The van der Waals surface area contributed by atoms with Crippen LogP contribution in [0.3, 0.4) is 0 Å². The van der Waals surface area contributed by atoms with Crippen LogP contribution in [0.5, 0.6) is 0 Å². The Balaban J connectivity index is 2.22. The van der Waals surface area contributed by atoms with Gasteiger partial charge in [0.15, 0.2) is 9.84 Å². The molecule has 1 aromatic rings. The second-order valence-corrected chi connectivity index (χ2v) is 7.68. The Morgan fingerprint density at radius 2 is 2.04 bits per heavy atom. The van der Waals surface area contributed by atoms with Gasteiger partial charge in [0.05, 0.1) is 29.6 Å². The number of nitrogens with zero attached hydrogens (tertiary/aromatic N) is 1. The predicted octanol–water partition coefficient (Wildman–Crippen LogP) is 1.65. The van der Waals surface area contributed by atoms with Gasteiger partial charge in [-0.15, -0.1) is 0 Å². The minimum absolute atomic E-state index is 0.0594. The summed E-state index contributed by atoms with van der Waals surface area (Å²) in [5.74, 6) is -1.20. The van der Waals surface area contributed by atoms with Gasteiger partial charge in [0.2, 0.25) is 5.91 Å². The third-order valence-electron chi connectivity index (χ3n) is 3.83. The van der Waals surface area contributed by atoms with E-state index in [1.165, 1.54) is 4.90 Å². The molecule has 0 saturated carbocycles. The van der Waals surface area contributed by atoms with Crippen LogP contribution in [0.15, 0.2) is 24.3 Å². The van der Waals surface area contributed by atoms with Crippen LogP contribution in [-0.4, -0.2) is 45.0 Å². The molecule has 6 nitrogen and oxygen atoms in total. The molecule has 0 N–H and O–H groups in total. The van der Waals surface area contributed by atoms with Gasteiger partial charge in [-0.2, -0.15) is 0 Å². The summed E-state index contributed by atoms with van der Waals surface area (Å²) in [6.07, 6.45) is 0.356. The second kappa shape index (κ2) is 7.12. The fourth-order valence-corrected chi connectivity index (χ4v) is 4.42. The van der Waals surface area contributed by atoms with Crippen molar-refractivity contribution >= 4 is 27.4 Å². The molecular formula is C16H21NO5S. The number of rotatable bonds is 5. The lowest BCUT2D eigenvalue weighted by molar-refractivity contribution is -0.121. The number of hydrogen-bond donors (Lipinski definition) is 0. The zero-order valence-corrected chi connectivity index (χ0v) is 14.1. The number of ether oxygens (including phenoxy) is 1. The van der Waals surface area contributed by atoms with Crippen LogP contribution in [0.2, 0.25) is 0 Å². The first kappa shape index (κ1) is 17.5. The third kappa shape index (κ3) is 4.10. The molecule has 1 unspecified atom stereocenters. The first-order valence-electron chi connectivity index (χ1n) is 7.67. The van der Waals surface area contributed by atoms with Gasteiger partial charge in [-0.1, -0.05) is 6.07 Å². The Hall–Kier alpha value is -1.89.